The maximum Gasteiger partial charge on any atom is 0.343 e. The second kappa shape index (κ2) is 9.78. The molecule has 0 N–H and O–H groups in total. The molecule has 0 bridgehead atoms. The van der Waals surface area contributed by atoms with Crippen LogP contribution < -0.4 is 10.3 Å². The van der Waals surface area contributed by atoms with Crippen molar-refractivity contribution in [3.63, 3.8) is 0 Å². The Morgan fingerprint density at radius 2 is 1.75 bits per heavy atom. The van der Waals surface area contributed by atoms with E-state index in [9.17, 15) is 14.0 Å². The molecule has 0 radical (unpaired) electrons. The van der Waals surface area contributed by atoms with Crippen molar-refractivity contribution in [3.05, 3.63) is 99.2 Å². The number of esters is 1. The van der Waals surface area contributed by atoms with Crippen molar-refractivity contribution >= 4 is 5.97 Å². The molecule has 2 aromatic carbocycles. The number of methoxy groups -OCH3 is 1. The van der Waals surface area contributed by atoms with Gasteiger partial charge in [-0.25, -0.2) is 9.18 Å². The van der Waals surface area contributed by atoms with Crippen LogP contribution in [0.4, 0.5) is 4.39 Å². The van der Waals surface area contributed by atoms with Crippen molar-refractivity contribution < 1.29 is 18.7 Å². The van der Waals surface area contributed by atoms with Gasteiger partial charge in [-0.1, -0.05) is 42.5 Å². The summed E-state index contributed by atoms with van der Waals surface area (Å²) in [5.74, 6) is -0.694. The highest BCUT2D eigenvalue weighted by Gasteiger charge is 2.26. The molecule has 1 aliphatic rings. The minimum absolute atomic E-state index is 0.104. The molecule has 1 aliphatic heterocycles. The van der Waals surface area contributed by atoms with Crippen LogP contribution in [0, 0.1) is 5.82 Å². The van der Waals surface area contributed by atoms with Gasteiger partial charge in [0.1, 0.15) is 23.7 Å². The second-order valence-corrected chi connectivity index (χ2v) is 7.74. The zero-order chi connectivity index (χ0) is 22.5. The third-order valence-corrected chi connectivity index (χ3v) is 5.63. The van der Waals surface area contributed by atoms with Crippen LogP contribution in [0.1, 0.15) is 27.2 Å². The van der Waals surface area contributed by atoms with E-state index in [-0.39, 0.29) is 29.3 Å². The van der Waals surface area contributed by atoms with Gasteiger partial charge in [-0.05, 0) is 23.3 Å². The van der Waals surface area contributed by atoms with Gasteiger partial charge in [0.2, 0.25) is 0 Å². The van der Waals surface area contributed by atoms with Gasteiger partial charge in [0.15, 0.2) is 0 Å². The Bertz CT molecular complexity index is 1140. The van der Waals surface area contributed by atoms with E-state index >= 15 is 0 Å². The Labute approximate surface area is 185 Å². The zero-order valence-electron chi connectivity index (χ0n) is 17.9. The summed E-state index contributed by atoms with van der Waals surface area (Å²) in [6, 6.07) is 17.4. The molecule has 6 nitrogen and oxygen atoms in total. The summed E-state index contributed by atoms with van der Waals surface area (Å²) < 4.78 is 25.7. The number of ether oxygens (including phenoxy) is 2. The van der Waals surface area contributed by atoms with Crippen LogP contribution in [0.25, 0.3) is 0 Å². The molecule has 0 spiro atoms. The molecule has 0 unspecified atom stereocenters. The number of benzene rings is 2. The van der Waals surface area contributed by atoms with Crippen LogP contribution in [-0.4, -0.2) is 35.6 Å². The number of fused-ring (bicyclic) bond motifs is 1. The number of hydrogen-bond acceptors (Lipinski definition) is 5. The first-order valence-corrected chi connectivity index (χ1v) is 10.5. The molecule has 2 heterocycles. The topological polar surface area (TPSA) is 60.8 Å². The Morgan fingerprint density at radius 3 is 2.47 bits per heavy atom. The largest absolute Gasteiger partial charge is 0.488 e. The van der Waals surface area contributed by atoms with E-state index < -0.39 is 5.97 Å². The molecule has 1 aromatic heterocycles. The van der Waals surface area contributed by atoms with Crippen molar-refractivity contribution in [3.8, 4) is 5.75 Å². The predicted octanol–water partition coefficient (Wildman–Crippen LogP) is 3.41. The Kier molecular flexibility index (Phi) is 6.66. The van der Waals surface area contributed by atoms with Crippen molar-refractivity contribution in [1.29, 1.82) is 0 Å². The Balaban J connectivity index is 1.60. The quantitative estimate of drug-likeness (QED) is 0.555. The van der Waals surface area contributed by atoms with E-state index in [1.165, 1.54) is 30.9 Å². The smallest absolute Gasteiger partial charge is 0.343 e. The predicted molar refractivity (Wildman–Crippen MR) is 118 cm³/mol. The van der Waals surface area contributed by atoms with Gasteiger partial charge in [0.25, 0.3) is 5.56 Å². The van der Waals surface area contributed by atoms with Crippen LogP contribution in [0.5, 0.6) is 5.75 Å². The maximum absolute atomic E-state index is 13.2. The summed E-state index contributed by atoms with van der Waals surface area (Å²) in [6.45, 7) is 2.74. The summed E-state index contributed by atoms with van der Waals surface area (Å²) in [5, 5.41) is 0. The fourth-order valence-corrected chi connectivity index (χ4v) is 3.97. The van der Waals surface area contributed by atoms with Crippen molar-refractivity contribution in [2.45, 2.75) is 26.1 Å². The number of aromatic nitrogens is 1. The highest BCUT2D eigenvalue weighted by atomic mass is 19.1. The van der Waals surface area contributed by atoms with E-state index in [1.807, 2.05) is 18.2 Å². The third kappa shape index (κ3) is 4.89. The van der Waals surface area contributed by atoms with Crippen molar-refractivity contribution in [1.82, 2.24) is 9.47 Å². The highest BCUT2D eigenvalue weighted by molar-refractivity contribution is 5.93. The minimum atomic E-state index is -0.542. The SMILES string of the molecule is COC(=O)c1c(OCc2ccc(F)cc2)cc(=O)n2c1CCN(Cc1ccccc1)CC2. The summed E-state index contributed by atoms with van der Waals surface area (Å²) in [5.41, 5.74) is 2.60. The lowest BCUT2D eigenvalue weighted by molar-refractivity contribution is 0.0592. The van der Waals surface area contributed by atoms with Crippen LogP contribution in [0.15, 0.2) is 65.5 Å². The van der Waals surface area contributed by atoms with E-state index in [4.69, 9.17) is 9.47 Å². The van der Waals surface area contributed by atoms with E-state index in [2.05, 4.69) is 17.0 Å². The third-order valence-electron chi connectivity index (χ3n) is 5.63. The summed E-state index contributed by atoms with van der Waals surface area (Å²) in [7, 11) is 1.31. The van der Waals surface area contributed by atoms with E-state index in [1.54, 1.807) is 16.7 Å². The molecule has 0 saturated carbocycles. The molecular weight excluding hydrogens is 411 g/mol. The van der Waals surface area contributed by atoms with Gasteiger partial charge in [-0.2, -0.15) is 0 Å². The second-order valence-electron chi connectivity index (χ2n) is 7.74. The lowest BCUT2D eigenvalue weighted by atomic mass is 10.1. The molecule has 3 aromatic rings. The van der Waals surface area contributed by atoms with Crippen molar-refractivity contribution in [2.75, 3.05) is 20.2 Å². The number of carbonyl (C=O) groups is 1. The van der Waals surface area contributed by atoms with E-state index in [0.717, 1.165) is 12.1 Å². The average molecular weight is 436 g/mol. The number of hydrogen-bond donors (Lipinski definition) is 0. The van der Waals surface area contributed by atoms with Gasteiger partial charge in [0, 0.05) is 44.4 Å². The van der Waals surface area contributed by atoms with Gasteiger partial charge < -0.3 is 14.0 Å². The van der Waals surface area contributed by atoms with Crippen LogP contribution >= 0.6 is 0 Å². The first-order chi connectivity index (χ1) is 15.5. The van der Waals surface area contributed by atoms with Crippen LogP contribution in [-0.2, 0) is 30.9 Å². The van der Waals surface area contributed by atoms with Crippen LogP contribution in [0.2, 0.25) is 0 Å². The monoisotopic (exact) mass is 436 g/mol. The molecule has 0 atom stereocenters. The first-order valence-electron chi connectivity index (χ1n) is 10.5. The number of carbonyl (C=O) groups excluding carboxylic acids is 1. The number of pyridine rings is 1. The van der Waals surface area contributed by atoms with Gasteiger partial charge in [-0.15, -0.1) is 0 Å². The van der Waals surface area contributed by atoms with Gasteiger partial charge >= 0.3 is 5.97 Å². The van der Waals surface area contributed by atoms with Crippen LogP contribution in [0.3, 0.4) is 0 Å². The Morgan fingerprint density at radius 1 is 1.00 bits per heavy atom. The first kappa shape index (κ1) is 21.8. The highest BCUT2D eigenvalue weighted by Crippen LogP contribution is 2.25. The zero-order valence-corrected chi connectivity index (χ0v) is 17.9. The normalized spacial score (nSPS) is 13.8. The molecule has 0 fully saturated rings. The molecule has 0 saturated heterocycles. The summed E-state index contributed by atoms with van der Waals surface area (Å²) >= 11 is 0. The van der Waals surface area contributed by atoms with Crippen molar-refractivity contribution in [2.24, 2.45) is 0 Å². The molecule has 166 valence electrons. The standard InChI is InChI=1S/C25H25FN2O4/c1-31-25(30)24-21-11-12-27(16-18-5-3-2-4-6-18)13-14-28(21)23(29)15-22(24)32-17-19-7-9-20(26)10-8-19/h2-10,15H,11-14,16-17H2,1H3. The lowest BCUT2D eigenvalue weighted by Gasteiger charge is -2.19. The van der Waals surface area contributed by atoms with Gasteiger partial charge in [0.05, 0.1) is 7.11 Å². The molecule has 0 aliphatic carbocycles. The fourth-order valence-electron chi connectivity index (χ4n) is 3.97. The number of halogens is 1. The molecular formula is C25H25FN2O4. The molecule has 0 amide bonds. The van der Waals surface area contributed by atoms with Gasteiger partial charge in [-0.3, -0.25) is 9.69 Å². The number of rotatable bonds is 6. The molecule has 7 heteroatoms. The average Bonchev–Trinajstić information content (AvgIpc) is 3.02. The summed E-state index contributed by atoms with van der Waals surface area (Å²) in [6.07, 6.45) is 0.514. The van der Waals surface area contributed by atoms with E-state index in [0.29, 0.717) is 31.7 Å². The number of nitrogens with zero attached hydrogens (tertiary/aromatic N) is 2. The maximum atomic E-state index is 13.2. The Hall–Kier alpha value is -3.45. The lowest BCUT2D eigenvalue weighted by Crippen LogP contribution is -2.29. The molecule has 32 heavy (non-hydrogen) atoms. The fraction of sp³-hybridized carbons (Fsp3) is 0.280. The molecule has 4 rings (SSSR count). The summed E-state index contributed by atoms with van der Waals surface area (Å²) in [4.78, 5) is 27.8. The minimum Gasteiger partial charge on any atom is -0.488 e.